The standard InChI is InChI=1S/C17H12ClFN6O/c18-15-7-16(20)24-17(23-15)22-10-1-4-14(12(19)6-10)26-11-2-3-13-9(5-11)8-21-25-13/h1-8H,(H,21,25)(H3,20,22,23,24). The summed E-state index contributed by atoms with van der Waals surface area (Å²) in [6, 6.07) is 11.1. The third-order valence-electron chi connectivity index (χ3n) is 3.54. The molecule has 0 bridgehead atoms. The lowest BCUT2D eigenvalue weighted by Gasteiger charge is -2.10. The highest BCUT2D eigenvalue weighted by molar-refractivity contribution is 6.29. The van der Waals surface area contributed by atoms with Gasteiger partial charge < -0.3 is 15.8 Å². The number of nitrogen functional groups attached to an aromatic ring is 1. The predicted molar refractivity (Wildman–Crippen MR) is 97.3 cm³/mol. The van der Waals surface area contributed by atoms with E-state index in [0.717, 1.165) is 10.9 Å². The molecule has 0 saturated carbocycles. The van der Waals surface area contributed by atoms with Gasteiger partial charge in [0.05, 0.1) is 11.7 Å². The van der Waals surface area contributed by atoms with Crippen LogP contribution in [0, 0.1) is 5.82 Å². The number of nitrogens with one attached hydrogen (secondary N) is 2. The molecule has 2 aromatic carbocycles. The molecule has 9 heteroatoms. The molecule has 0 amide bonds. The number of anilines is 3. The summed E-state index contributed by atoms with van der Waals surface area (Å²) in [5, 5.41) is 10.7. The maximum atomic E-state index is 14.4. The van der Waals surface area contributed by atoms with Crippen LogP contribution in [0.15, 0.2) is 48.7 Å². The van der Waals surface area contributed by atoms with Crippen LogP contribution in [-0.4, -0.2) is 20.2 Å². The number of benzene rings is 2. The minimum atomic E-state index is -0.544. The van der Waals surface area contributed by atoms with Crippen molar-refractivity contribution in [1.82, 2.24) is 20.2 Å². The van der Waals surface area contributed by atoms with Crippen LogP contribution in [0.25, 0.3) is 10.9 Å². The monoisotopic (exact) mass is 370 g/mol. The van der Waals surface area contributed by atoms with Crippen molar-refractivity contribution in [2.45, 2.75) is 0 Å². The van der Waals surface area contributed by atoms with E-state index in [1.54, 1.807) is 24.4 Å². The number of nitrogens with two attached hydrogens (primary N) is 1. The van der Waals surface area contributed by atoms with Gasteiger partial charge in [-0.1, -0.05) is 11.6 Å². The average molecular weight is 371 g/mol. The highest BCUT2D eigenvalue weighted by Crippen LogP contribution is 2.29. The van der Waals surface area contributed by atoms with Gasteiger partial charge in [-0.2, -0.15) is 10.1 Å². The molecular weight excluding hydrogens is 359 g/mol. The van der Waals surface area contributed by atoms with Crippen molar-refractivity contribution >= 4 is 40.0 Å². The van der Waals surface area contributed by atoms with Crippen molar-refractivity contribution in [2.75, 3.05) is 11.1 Å². The molecule has 4 rings (SSSR count). The zero-order chi connectivity index (χ0) is 18.1. The van der Waals surface area contributed by atoms with Crippen LogP contribution < -0.4 is 15.8 Å². The first-order valence-electron chi connectivity index (χ1n) is 7.54. The van der Waals surface area contributed by atoms with Gasteiger partial charge in [-0.15, -0.1) is 0 Å². The molecule has 0 aliphatic carbocycles. The topological polar surface area (TPSA) is 102 Å². The Labute approximate surface area is 152 Å². The molecule has 2 aromatic heterocycles. The summed E-state index contributed by atoms with van der Waals surface area (Å²) in [5.41, 5.74) is 6.91. The first-order chi connectivity index (χ1) is 12.6. The molecule has 130 valence electrons. The molecule has 0 aliphatic rings. The zero-order valence-corrected chi connectivity index (χ0v) is 14.0. The second kappa shape index (κ2) is 6.49. The number of hydrogen-bond acceptors (Lipinski definition) is 6. The summed E-state index contributed by atoms with van der Waals surface area (Å²) in [6.45, 7) is 0. The largest absolute Gasteiger partial charge is 0.454 e. The molecule has 7 nitrogen and oxygen atoms in total. The molecule has 4 aromatic rings. The molecule has 26 heavy (non-hydrogen) atoms. The number of rotatable bonds is 4. The van der Waals surface area contributed by atoms with Gasteiger partial charge in [-0.05, 0) is 30.3 Å². The molecule has 0 spiro atoms. The van der Waals surface area contributed by atoms with Gasteiger partial charge in [0.2, 0.25) is 5.95 Å². The summed E-state index contributed by atoms with van der Waals surface area (Å²) < 4.78 is 20.0. The minimum absolute atomic E-state index is 0.0879. The van der Waals surface area contributed by atoms with Crippen molar-refractivity contribution in [3.8, 4) is 11.5 Å². The second-order valence-electron chi connectivity index (χ2n) is 5.43. The number of ether oxygens (including phenoxy) is 1. The van der Waals surface area contributed by atoms with Crippen LogP contribution in [0.1, 0.15) is 0 Å². The SMILES string of the molecule is Nc1cc(Cl)nc(Nc2ccc(Oc3ccc4[nH]ncc4c3)c(F)c2)n1. The van der Waals surface area contributed by atoms with E-state index in [1.807, 2.05) is 6.07 Å². The van der Waals surface area contributed by atoms with Gasteiger partial charge in [0.25, 0.3) is 0 Å². The van der Waals surface area contributed by atoms with Gasteiger partial charge in [0.15, 0.2) is 11.6 Å². The lowest BCUT2D eigenvalue weighted by molar-refractivity contribution is 0.443. The summed E-state index contributed by atoms with van der Waals surface area (Å²) >= 11 is 5.82. The number of hydrogen-bond donors (Lipinski definition) is 3. The summed E-state index contributed by atoms with van der Waals surface area (Å²) in [7, 11) is 0. The van der Waals surface area contributed by atoms with Gasteiger partial charge >= 0.3 is 0 Å². The van der Waals surface area contributed by atoms with Crippen LogP contribution in [0.2, 0.25) is 5.15 Å². The molecule has 2 heterocycles. The average Bonchev–Trinajstić information content (AvgIpc) is 3.04. The summed E-state index contributed by atoms with van der Waals surface area (Å²) in [6.07, 6.45) is 1.67. The molecule has 0 saturated heterocycles. The Morgan fingerprint density at radius 3 is 2.81 bits per heavy atom. The summed E-state index contributed by atoms with van der Waals surface area (Å²) in [5.74, 6) is 0.433. The Balaban J connectivity index is 1.55. The Morgan fingerprint density at radius 2 is 2.00 bits per heavy atom. The normalized spacial score (nSPS) is 10.8. The van der Waals surface area contributed by atoms with E-state index < -0.39 is 5.82 Å². The molecule has 0 unspecified atom stereocenters. The predicted octanol–water partition coefficient (Wildman–Crippen LogP) is 4.26. The zero-order valence-electron chi connectivity index (χ0n) is 13.2. The van der Waals surface area contributed by atoms with E-state index in [0.29, 0.717) is 11.4 Å². The highest BCUT2D eigenvalue weighted by Gasteiger charge is 2.09. The maximum absolute atomic E-state index is 14.4. The lowest BCUT2D eigenvalue weighted by Crippen LogP contribution is -2.01. The first kappa shape index (κ1) is 16.1. The Bertz CT molecular complexity index is 1080. The Hall–Kier alpha value is -3.39. The lowest BCUT2D eigenvalue weighted by atomic mass is 10.2. The smallest absolute Gasteiger partial charge is 0.230 e. The van der Waals surface area contributed by atoms with Crippen molar-refractivity contribution in [3.05, 3.63) is 59.6 Å². The molecule has 0 aliphatic heterocycles. The Morgan fingerprint density at radius 1 is 1.12 bits per heavy atom. The van der Waals surface area contributed by atoms with Gasteiger partial charge in [-0.3, -0.25) is 5.10 Å². The van der Waals surface area contributed by atoms with Gasteiger partial charge in [0, 0.05) is 23.2 Å². The van der Waals surface area contributed by atoms with E-state index in [2.05, 4.69) is 25.5 Å². The quantitative estimate of drug-likeness (QED) is 0.464. The van der Waals surface area contributed by atoms with Crippen LogP contribution in [-0.2, 0) is 0 Å². The van der Waals surface area contributed by atoms with Crippen molar-refractivity contribution < 1.29 is 9.13 Å². The fourth-order valence-electron chi connectivity index (χ4n) is 2.39. The third kappa shape index (κ3) is 3.35. The van der Waals surface area contributed by atoms with E-state index in [-0.39, 0.29) is 22.7 Å². The van der Waals surface area contributed by atoms with Crippen molar-refractivity contribution in [2.24, 2.45) is 0 Å². The van der Waals surface area contributed by atoms with E-state index >= 15 is 0 Å². The third-order valence-corrected chi connectivity index (χ3v) is 3.74. The number of aromatic nitrogens is 4. The van der Waals surface area contributed by atoms with Crippen LogP contribution in [0.5, 0.6) is 11.5 Å². The van der Waals surface area contributed by atoms with E-state index in [1.165, 1.54) is 18.2 Å². The highest BCUT2D eigenvalue weighted by atomic mass is 35.5. The Kier molecular flexibility index (Phi) is 4.02. The fraction of sp³-hybridized carbons (Fsp3) is 0. The maximum Gasteiger partial charge on any atom is 0.230 e. The minimum Gasteiger partial charge on any atom is -0.454 e. The van der Waals surface area contributed by atoms with Crippen LogP contribution in [0.4, 0.5) is 21.8 Å². The molecule has 0 fully saturated rings. The molecule has 4 N–H and O–H groups in total. The van der Waals surface area contributed by atoms with Crippen molar-refractivity contribution in [3.63, 3.8) is 0 Å². The van der Waals surface area contributed by atoms with Gasteiger partial charge in [0.1, 0.15) is 16.7 Å². The first-order valence-corrected chi connectivity index (χ1v) is 7.92. The molecule has 0 atom stereocenters. The number of halogens is 2. The van der Waals surface area contributed by atoms with E-state index in [9.17, 15) is 4.39 Å². The van der Waals surface area contributed by atoms with Crippen LogP contribution >= 0.6 is 11.6 Å². The van der Waals surface area contributed by atoms with E-state index in [4.69, 9.17) is 22.1 Å². The molecular formula is C17H12ClFN6O. The summed E-state index contributed by atoms with van der Waals surface area (Å²) in [4.78, 5) is 7.96. The fourth-order valence-corrected chi connectivity index (χ4v) is 2.58. The number of fused-ring (bicyclic) bond motifs is 1. The molecule has 0 radical (unpaired) electrons. The van der Waals surface area contributed by atoms with Gasteiger partial charge in [-0.25, -0.2) is 9.37 Å². The number of aromatic amines is 1. The second-order valence-corrected chi connectivity index (χ2v) is 5.82. The number of nitrogens with zero attached hydrogens (tertiary/aromatic N) is 3. The van der Waals surface area contributed by atoms with Crippen molar-refractivity contribution in [1.29, 1.82) is 0 Å². The number of H-pyrrole nitrogens is 1. The van der Waals surface area contributed by atoms with Crippen LogP contribution in [0.3, 0.4) is 0 Å².